The van der Waals surface area contributed by atoms with Crippen LogP contribution in [0.3, 0.4) is 0 Å². The molecule has 74 valence electrons. The molecule has 0 fully saturated rings. The molecule has 1 rings (SSSR count). The lowest BCUT2D eigenvalue weighted by Crippen LogP contribution is -2.20. The Morgan fingerprint density at radius 2 is 1.79 bits per heavy atom. The molecule has 1 atom stereocenters. The van der Waals surface area contributed by atoms with Crippen molar-refractivity contribution in [3.63, 3.8) is 0 Å². The summed E-state index contributed by atoms with van der Waals surface area (Å²) in [6.45, 7) is 0. The minimum absolute atomic E-state index is 0.194. The summed E-state index contributed by atoms with van der Waals surface area (Å²) in [6.07, 6.45) is 0. The quantitative estimate of drug-likeness (QED) is 0.724. The van der Waals surface area contributed by atoms with Crippen LogP contribution in [0.4, 0.5) is 8.78 Å². The topological polar surface area (TPSA) is 27.0 Å². The zero-order chi connectivity index (χ0) is 10.7. The second-order valence-corrected chi connectivity index (χ2v) is 3.13. The van der Waals surface area contributed by atoms with Crippen molar-refractivity contribution < 1.29 is 8.78 Å². The van der Waals surface area contributed by atoms with Crippen molar-refractivity contribution in [3.8, 4) is 6.07 Å². The van der Waals surface area contributed by atoms with Gasteiger partial charge in [0.15, 0.2) is 0 Å². The van der Waals surface area contributed by atoms with Crippen molar-refractivity contribution in [1.29, 1.82) is 5.26 Å². The van der Waals surface area contributed by atoms with E-state index in [-0.39, 0.29) is 5.56 Å². The molecule has 0 aliphatic heterocycles. The van der Waals surface area contributed by atoms with Crippen molar-refractivity contribution in [3.05, 3.63) is 35.4 Å². The standard InChI is InChI=1S/C10H10F2N2/c1-14(2)9(6-13)10-7(11)4-3-5-8(10)12/h3-5,9H,1-2H3. The highest BCUT2D eigenvalue weighted by molar-refractivity contribution is 5.27. The van der Waals surface area contributed by atoms with Crippen molar-refractivity contribution in [1.82, 2.24) is 4.90 Å². The number of hydrogen-bond acceptors (Lipinski definition) is 2. The molecule has 0 heterocycles. The number of nitriles is 1. The largest absolute Gasteiger partial charge is 0.290 e. The zero-order valence-electron chi connectivity index (χ0n) is 7.96. The third-order valence-corrected chi connectivity index (χ3v) is 1.91. The zero-order valence-corrected chi connectivity index (χ0v) is 7.96. The van der Waals surface area contributed by atoms with Gasteiger partial charge in [-0.05, 0) is 26.2 Å². The summed E-state index contributed by atoms with van der Waals surface area (Å²) in [6, 6.07) is 4.52. The lowest BCUT2D eigenvalue weighted by molar-refractivity contribution is 0.339. The van der Waals surface area contributed by atoms with Crippen LogP contribution in [0, 0.1) is 23.0 Å². The summed E-state index contributed by atoms with van der Waals surface area (Å²) in [5.74, 6) is -1.38. The summed E-state index contributed by atoms with van der Waals surface area (Å²) in [5.41, 5.74) is -0.194. The van der Waals surface area contributed by atoms with Gasteiger partial charge in [-0.25, -0.2) is 8.78 Å². The van der Waals surface area contributed by atoms with E-state index in [1.54, 1.807) is 14.1 Å². The Bertz CT molecular complexity index is 349. The molecule has 0 aliphatic rings. The van der Waals surface area contributed by atoms with E-state index >= 15 is 0 Å². The maximum Gasteiger partial charge on any atom is 0.132 e. The number of nitrogens with zero attached hydrogens (tertiary/aromatic N) is 2. The first-order chi connectivity index (χ1) is 6.57. The SMILES string of the molecule is CN(C)C(C#N)c1c(F)cccc1F. The van der Waals surface area contributed by atoms with Crippen LogP contribution in [0.15, 0.2) is 18.2 Å². The molecule has 1 aromatic rings. The third-order valence-electron chi connectivity index (χ3n) is 1.91. The highest BCUT2D eigenvalue weighted by Gasteiger charge is 2.21. The van der Waals surface area contributed by atoms with Gasteiger partial charge in [-0.15, -0.1) is 0 Å². The minimum atomic E-state index is -0.892. The molecule has 0 amide bonds. The molecule has 0 bridgehead atoms. The molecule has 0 radical (unpaired) electrons. The van der Waals surface area contributed by atoms with E-state index in [2.05, 4.69) is 0 Å². The average Bonchev–Trinajstić information content (AvgIpc) is 2.10. The summed E-state index contributed by atoms with van der Waals surface area (Å²) in [4.78, 5) is 1.46. The van der Waals surface area contributed by atoms with Gasteiger partial charge in [-0.2, -0.15) is 5.26 Å². The first-order valence-electron chi connectivity index (χ1n) is 4.08. The molecular weight excluding hydrogens is 186 g/mol. The lowest BCUT2D eigenvalue weighted by atomic mass is 10.1. The fraction of sp³-hybridized carbons (Fsp3) is 0.300. The Kier molecular flexibility index (Phi) is 3.15. The van der Waals surface area contributed by atoms with Crippen molar-refractivity contribution in [2.45, 2.75) is 6.04 Å². The van der Waals surface area contributed by atoms with Gasteiger partial charge >= 0.3 is 0 Å². The summed E-state index contributed by atoms with van der Waals surface area (Å²) in [7, 11) is 3.19. The molecule has 1 aromatic carbocycles. The van der Waals surface area contributed by atoms with Crippen LogP contribution in [0.2, 0.25) is 0 Å². The second-order valence-electron chi connectivity index (χ2n) is 3.13. The highest BCUT2D eigenvalue weighted by Crippen LogP contribution is 2.23. The van der Waals surface area contributed by atoms with E-state index in [0.717, 1.165) is 12.1 Å². The van der Waals surface area contributed by atoms with Crippen molar-refractivity contribution in [2.24, 2.45) is 0 Å². The van der Waals surface area contributed by atoms with Gasteiger partial charge in [0.2, 0.25) is 0 Å². The van der Waals surface area contributed by atoms with E-state index in [9.17, 15) is 8.78 Å². The van der Waals surface area contributed by atoms with Gasteiger partial charge < -0.3 is 0 Å². The van der Waals surface area contributed by atoms with Gasteiger partial charge in [-0.1, -0.05) is 6.07 Å². The number of halogens is 2. The lowest BCUT2D eigenvalue weighted by Gasteiger charge is -2.18. The van der Waals surface area contributed by atoms with Crippen LogP contribution in [-0.2, 0) is 0 Å². The molecule has 0 aliphatic carbocycles. The molecule has 0 saturated carbocycles. The second kappa shape index (κ2) is 4.16. The fourth-order valence-corrected chi connectivity index (χ4v) is 1.21. The van der Waals surface area contributed by atoms with Gasteiger partial charge in [0.05, 0.1) is 11.6 Å². The number of benzene rings is 1. The van der Waals surface area contributed by atoms with Gasteiger partial charge in [0.1, 0.15) is 17.7 Å². The fourth-order valence-electron chi connectivity index (χ4n) is 1.21. The van der Waals surface area contributed by atoms with E-state index in [1.807, 2.05) is 6.07 Å². The first kappa shape index (κ1) is 10.6. The van der Waals surface area contributed by atoms with E-state index in [0.29, 0.717) is 0 Å². The van der Waals surface area contributed by atoms with Crippen LogP contribution in [0.25, 0.3) is 0 Å². The molecule has 0 spiro atoms. The van der Waals surface area contributed by atoms with Crippen LogP contribution in [0.5, 0.6) is 0 Å². The van der Waals surface area contributed by atoms with Crippen molar-refractivity contribution >= 4 is 0 Å². The molecule has 14 heavy (non-hydrogen) atoms. The summed E-state index contributed by atoms with van der Waals surface area (Å²) < 4.78 is 26.5. The molecule has 0 aromatic heterocycles. The van der Waals surface area contributed by atoms with E-state index in [4.69, 9.17) is 5.26 Å². The van der Waals surface area contributed by atoms with Gasteiger partial charge in [-0.3, -0.25) is 4.90 Å². The van der Waals surface area contributed by atoms with Gasteiger partial charge in [0.25, 0.3) is 0 Å². The Morgan fingerprint density at radius 3 is 2.14 bits per heavy atom. The van der Waals surface area contributed by atoms with E-state index < -0.39 is 17.7 Å². The number of rotatable bonds is 2. The smallest absolute Gasteiger partial charge is 0.132 e. The normalized spacial score (nSPS) is 12.6. The monoisotopic (exact) mass is 196 g/mol. The molecule has 4 heteroatoms. The molecular formula is C10H10F2N2. The summed E-state index contributed by atoms with van der Waals surface area (Å²) >= 11 is 0. The van der Waals surface area contributed by atoms with Gasteiger partial charge in [0, 0.05) is 0 Å². The maximum atomic E-state index is 13.2. The first-order valence-corrected chi connectivity index (χ1v) is 4.08. The van der Waals surface area contributed by atoms with Crippen molar-refractivity contribution in [2.75, 3.05) is 14.1 Å². The van der Waals surface area contributed by atoms with Crippen LogP contribution >= 0.6 is 0 Å². The Labute approximate surface area is 81.4 Å². The molecule has 2 nitrogen and oxygen atoms in total. The third kappa shape index (κ3) is 1.88. The Morgan fingerprint density at radius 1 is 1.29 bits per heavy atom. The Hall–Kier alpha value is -1.47. The number of hydrogen-bond donors (Lipinski definition) is 0. The summed E-state index contributed by atoms with van der Waals surface area (Å²) in [5, 5.41) is 8.77. The average molecular weight is 196 g/mol. The van der Waals surface area contributed by atoms with Crippen LogP contribution in [0.1, 0.15) is 11.6 Å². The Balaban J connectivity index is 3.24. The van der Waals surface area contributed by atoms with Crippen LogP contribution in [-0.4, -0.2) is 19.0 Å². The van der Waals surface area contributed by atoms with Crippen LogP contribution < -0.4 is 0 Å². The predicted octanol–water partition coefficient (Wildman–Crippen LogP) is 2.09. The molecule has 0 saturated heterocycles. The maximum absolute atomic E-state index is 13.2. The molecule has 0 N–H and O–H groups in total. The molecule has 1 unspecified atom stereocenters. The minimum Gasteiger partial charge on any atom is -0.290 e. The highest BCUT2D eigenvalue weighted by atomic mass is 19.1. The predicted molar refractivity (Wildman–Crippen MR) is 48.4 cm³/mol. The van der Waals surface area contributed by atoms with E-state index in [1.165, 1.54) is 11.0 Å².